The van der Waals surface area contributed by atoms with E-state index in [0.29, 0.717) is 12.4 Å². The van der Waals surface area contributed by atoms with Gasteiger partial charge in [-0.1, -0.05) is 41.6 Å². The number of rotatable bonds is 6. The summed E-state index contributed by atoms with van der Waals surface area (Å²) in [5, 5.41) is 17.0. The van der Waals surface area contributed by atoms with Crippen molar-refractivity contribution < 1.29 is 9.63 Å². The van der Waals surface area contributed by atoms with E-state index < -0.39 is 11.9 Å². The monoisotopic (exact) mass is 317 g/mol. The molecule has 0 fully saturated rings. The smallest absolute Gasteiger partial charge is 0.390 e. The van der Waals surface area contributed by atoms with Gasteiger partial charge in [-0.2, -0.15) is 0 Å². The van der Waals surface area contributed by atoms with Gasteiger partial charge < -0.3 is 10.4 Å². The zero-order valence-electron chi connectivity index (χ0n) is 13.7. The van der Waals surface area contributed by atoms with E-state index >= 15 is 0 Å². The average Bonchev–Trinajstić information content (AvgIpc) is 2.84. The Hall–Kier alpha value is -2.18. The first kappa shape index (κ1) is 17.2. The molecule has 2 aromatic rings. The van der Waals surface area contributed by atoms with Crippen LogP contribution in [0.4, 0.5) is 0 Å². The molecule has 0 radical (unpaired) electrons. The Morgan fingerprint density at radius 2 is 2.00 bits per heavy atom. The van der Waals surface area contributed by atoms with Crippen LogP contribution in [0.2, 0.25) is 0 Å². The molecule has 1 aromatic carbocycles. The summed E-state index contributed by atoms with van der Waals surface area (Å²) < 4.78 is 6.03. The summed E-state index contributed by atoms with van der Waals surface area (Å²) in [7, 11) is 0. The topological polar surface area (TPSA) is 80.3 Å². The van der Waals surface area contributed by atoms with Crippen molar-refractivity contribution in [1.29, 1.82) is 0 Å². The van der Waals surface area contributed by atoms with Gasteiger partial charge in [0.25, 0.3) is 0 Å². The van der Waals surface area contributed by atoms with Gasteiger partial charge in [0.1, 0.15) is 0 Å². The molecular weight excluding hydrogens is 294 g/mol. The van der Waals surface area contributed by atoms with E-state index in [9.17, 15) is 9.90 Å². The maximum Gasteiger partial charge on any atom is 0.441 e. The number of β-amino-alcohol motifs (C(OH)–C–C–N with tert-alkyl or cyclic N) is 1. The van der Waals surface area contributed by atoms with Crippen molar-refractivity contribution >= 4 is 12.2 Å². The lowest BCUT2D eigenvalue weighted by Gasteiger charge is -2.22. The second-order valence-electron chi connectivity index (χ2n) is 6.45. The maximum atomic E-state index is 11.8. The van der Waals surface area contributed by atoms with Crippen LogP contribution in [0.15, 0.2) is 39.6 Å². The highest BCUT2D eigenvalue weighted by Gasteiger charge is 2.16. The van der Waals surface area contributed by atoms with Crippen molar-refractivity contribution in [3.05, 3.63) is 52.3 Å². The van der Waals surface area contributed by atoms with Crippen LogP contribution in [-0.2, 0) is 6.54 Å². The van der Waals surface area contributed by atoms with Gasteiger partial charge in [0.15, 0.2) is 5.82 Å². The minimum absolute atomic E-state index is 0.101. The van der Waals surface area contributed by atoms with E-state index in [2.05, 4.69) is 10.5 Å². The van der Waals surface area contributed by atoms with Gasteiger partial charge in [-0.15, -0.1) is 0 Å². The standard InChI is InChI=1S/C17H23N3O3/c1-17(2,3)18-11-14(21)12-20-15(19-23-16(20)22)10-9-13-7-5-4-6-8-13/h4-10,14,18,21H,11-12H2,1-3H3/b10-9+. The van der Waals surface area contributed by atoms with Crippen LogP contribution in [0.25, 0.3) is 12.2 Å². The molecule has 1 atom stereocenters. The highest BCUT2D eigenvalue weighted by molar-refractivity contribution is 5.66. The number of hydrogen-bond donors (Lipinski definition) is 2. The molecule has 124 valence electrons. The number of aliphatic hydroxyl groups excluding tert-OH is 1. The summed E-state index contributed by atoms with van der Waals surface area (Å²) in [4.78, 5) is 11.8. The molecule has 6 nitrogen and oxygen atoms in total. The van der Waals surface area contributed by atoms with Crippen LogP contribution < -0.4 is 11.1 Å². The molecule has 23 heavy (non-hydrogen) atoms. The molecule has 1 heterocycles. The zero-order chi connectivity index (χ0) is 16.9. The molecule has 1 unspecified atom stereocenters. The lowest BCUT2D eigenvalue weighted by molar-refractivity contribution is 0.139. The van der Waals surface area contributed by atoms with Crippen LogP contribution in [-0.4, -0.2) is 33.0 Å². The van der Waals surface area contributed by atoms with Crippen molar-refractivity contribution in [3.63, 3.8) is 0 Å². The minimum atomic E-state index is -0.713. The van der Waals surface area contributed by atoms with Gasteiger partial charge in [-0.25, -0.2) is 4.79 Å². The second kappa shape index (κ2) is 7.39. The Morgan fingerprint density at radius 1 is 1.30 bits per heavy atom. The van der Waals surface area contributed by atoms with Gasteiger partial charge in [-0.05, 0) is 32.4 Å². The third-order valence-corrected chi connectivity index (χ3v) is 3.20. The van der Waals surface area contributed by atoms with Crippen LogP contribution in [0, 0.1) is 0 Å². The molecule has 0 amide bonds. The molecular formula is C17H23N3O3. The first-order chi connectivity index (χ1) is 10.8. The minimum Gasteiger partial charge on any atom is -0.390 e. The predicted molar refractivity (Wildman–Crippen MR) is 89.9 cm³/mol. The molecule has 2 N–H and O–H groups in total. The molecule has 0 saturated heterocycles. The molecule has 0 saturated carbocycles. The molecule has 6 heteroatoms. The van der Waals surface area contributed by atoms with Crippen molar-refractivity contribution in [3.8, 4) is 0 Å². The van der Waals surface area contributed by atoms with Crippen molar-refractivity contribution in [2.24, 2.45) is 0 Å². The largest absolute Gasteiger partial charge is 0.441 e. The van der Waals surface area contributed by atoms with E-state index in [0.717, 1.165) is 5.56 Å². The lowest BCUT2D eigenvalue weighted by atomic mass is 10.1. The zero-order valence-corrected chi connectivity index (χ0v) is 13.7. The molecule has 0 aliphatic heterocycles. The van der Waals surface area contributed by atoms with Crippen LogP contribution in [0.3, 0.4) is 0 Å². The Bertz CT molecular complexity index is 696. The van der Waals surface area contributed by atoms with Gasteiger partial charge in [-0.3, -0.25) is 9.09 Å². The van der Waals surface area contributed by atoms with E-state index in [1.165, 1.54) is 4.57 Å². The molecule has 0 bridgehead atoms. The number of benzene rings is 1. The summed E-state index contributed by atoms with van der Waals surface area (Å²) in [5.41, 5.74) is 0.890. The fourth-order valence-electron chi connectivity index (χ4n) is 2.00. The summed E-state index contributed by atoms with van der Waals surface area (Å²) in [6.07, 6.45) is 2.83. The molecule has 0 spiro atoms. The van der Waals surface area contributed by atoms with Gasteiger partial charge in [0, 0.05) is 12.1 Å². The first-order valence-corrected chi connectivity index (χ1v) is 7.58. The van der Waals surface area contributed by atoms with Crippen molar-refractivity contribution in [1.82, 2.24) is 15.0 Å². The molecule has 0 aliphatic carbocycles. The predicted octanol–water partition coefficient (Wildman–Crippen LogP) is 1.76. The number of aromatic nitrogens is 2. The van der Waals surface area contributed by atoms with E-state index in [-0.39, 0.29) is 12.1 Å². The third kappa shape index (κ3) is 5.50. The van der Waals surface area contributed by atoms with Crippen molar-refractivity contribution in [2.45, 2.75) is 39.0 Å². The Labute approximate surface area is 135 Å². The van der Waals surface area contributed by atoms with E-state index in [1.807, 2.05) is 57.2 Å². The Morgan fingerprint density at radius 3 is 2.65 bits per heavy atom. The molecule has 0 aliphatic rings. The molecule has 1 aromatic heterocycles. The van der Waals surface area contributed by atoms with E-state index in [4.69, 9.17) is 4.52 Å². The van der Waals surface area contributed by atoms with Gasteiger partial charge in [0.2, 0.25) is 0 Å². The summed E-state index contributed by atoms with van der Waals surface area (Å²) in [6, 6.07) is 9.68. The van der Waals surface area contributed by atoms with Gasteiger partial charge >= 0.3 is 5.76 Å². The highest BCUT2D eigenvalue weighted by Crippen LogP contribution is 2.06. The van der Waals surface area contributed by atoms with Crippen LogP contribution in [0.1, 0.15) is 32.2 Å². The van der Waals surface area contributed by atoms with E-state index in [1.54, 1.807) is 6.08 Å². The fraction of sp³-hybridized carbons (Fsp3) is 0.412. The average molecular weight is 317 g/mol. The molecule has 2 rings (SSSR count). The number of nitrogens with zero attached hydrogens (tertiary/aromatic N) is 2. The normalized spacial score (nSPS) is 13.6. The number of hydrogen-bond acceptors (Lipinski definition) is 5. The lowest BCUT2D eigenvalue weighted by Crippen LogP contribution is -2.42. The Kier molecular flexibility index (Phi) is 5.52. The Balaban J connectivity index is 2.07. The van der Waals surface area contributed by atoms with Crippen molar-refractivity contribution in [2.75, 3.05) is 6.54 Å². The second-order valence-corrected chi connectivity index (χ2v) is 6.45. The van der Waals surface area contributed by atoms with Gasteiger partial charge in [0.05, 0.1) is 12.6 Å². The number of aliphatic hydroxyl groups is 1. The summed E-state index contributed by atoms with van der Waals surface area (Å²) in [6.45, 7) is 6.54. The highest BCUT2D eigenvalue weighted by atomic mass is 16.5. The first-order valence-electron chi connectivity index (χ1n) is 7.58. The quantitative estimate of drug-likeness (QED) is 0.848. The SMILES string of the molecule is CC(C)(C)NCC(O)Cn1c(/C=C/c2ccccc2)noc1=O. The summed E-state index contributed by atoms with van der Waals surface area (Å²) >= 11 is 0. The third-order valence-electron chi connectivity index (χ3n) is 3.20. The maximum absolute atomic E-state index is 11.8. The van der Waals surface area contributed by atoms with Crippen LogP contribution in [0.5, 0.6) is 0 Å². The fourth-order valence-corrected chi connectivity index (χ4v) is 2.00. The summed E-state index contributed by atoms with van der Waals surface area (Å²) in [5.74, 6) is -0.193. The van der Waals surface area contributed by atoms with Crippen LogP contribution >= 0.6 is 0 Å². The number of nitrogens with one attached hydrogen (secondary N) is 1.